The van der Waals surface area contributed by atoms with E-state index in [9.17, 15) is 0 Å². The van der Waals surface area contributed by atoms with Crippen LogP contribution in [0.3, 0.4) is 0 Å². The summed E-state index contributed by atoms with van der Waals surface area (Å²) in [5.41, 5.74) is 6.26. The van der Waals surface area contributed by atoms with Crippen molar-refractivity contribution in [2.24, 2.45) is 11.7 Å². The van der Waals surface area contributed by atoms with Gasteiger partial charge < -0.3 is 5.73 Å². The second kappa shape index (κ2) is 4.76. The molecule has 0 radical (unpaired) electrons. The van der Waals surface area contributed by atoms with Crippen LogP contribution in [0.15, 0.2) is 0 Å². The molecule has 68 valence electrons. The van der Waals surface area contributed by atoms with Gasteiger partial charge in [-0.15, -0.1) is 0 Å². The van der Waals surface area contributed by atoms with Crippen molar-refractivity contribution in [2.45, 2.75) is 58.9 Å². The van der Waals surface area contributed by atoms with Gasteiger partial charge in [-0.3, -0.25) is 0 Å². The zero-order valence-electron chi connectivity index (χ0n) is 8.48. The van der Waals surface area contributed by atoms with Gasteiger partial charge in [-0.25, -0.2) is 0 Å². The van der Waals surface area contributed by atoms with Gasteiger partial charge in [0.1, 0.15) is 0 Å². The Balaban J connectivity index is 3.69. The van der Waals surface area contributed by atoms with Crippen molar-refractivity contribution in [3.05, 3.63) is 0 Å². The highest BCUT2D eigenvalue weighted by Gasteiger charge is 2.19. The van der Waals surface area contributed by atoms with Crippen molar-refractivity contribution < 1.29 is 0 Å². The normalized spacial score (nSPS) is 12.5. The third-order valence-electron chi connectivity index (χ3n) is 2.63. The van der Waals surface area contributed by atoms with Crippen LogP contribution in [-0.2, 0) is 0 Å². The second-order valence-electron chi connectivity index (χ2n) is 4.00. The quantitative estimate of drug-likeness (QED) is 0.652. The SMILES string of the molecule is CCC(N)(CC)CCC(C)C. The second-order valence-corrected chi connectivity index (χ2v) is 4.00. The van der Waals surface area contributed by atoms with Crippen LogP contribution < -0.4 is 5.73 Å². The number of rotatable bonds is 5. The van der Waals surface area contributed by atoms with E-state index in [-0.39, 0.29) is 5.54 Å². The molecule has 0 atom stereocenters. The molecule has 0 aromatic carbocycles. The molecular formula is C10H23N. The Morgan fingerprint density at radius 2 is 1.64 bits per heavy atom. The molecule has 0 aliphatic carbocycles. The first kappa shape index (κ1) is 11.0. The molecule has 1 heteroatoms. The van der Waals surface area contributed by atoms with Gasteiger partial charge in [-0.2, -0.15) is 0 Å². The lowest BCUT2D eigenvalue weighted by molar-refractivity contribution is 0.335. The molecule has 0 rings (SSSR count). The van der Waals surface area contributed by atoms with Gasteiger partial charge in [0.25, 0.3) is 0 Å². The number of hydrogen-bond acceptors (Lipinski definition) is 1. The highest BCUT2D eigenvalue weighted by molar-refractivity contribution is 4.80. The summed E-state index contributed by atoms with van der Waals surface area (Å²) >= 11 is 0. The number of nitrogens with two attached hydrogens (primary N) is 1. The molecule has 2 N–H and O–H groups in total. The van der Waals surface area contributed by atoms with E-state index in [4.69, 9.17) is 5.73 Å². The van der Waals surface area contributed by atoms with E-state index in [2.05, 4.69) is 27.7 Å². The summed E-state index contributed by atoms with van der Waals surface area (Å²) in [7, 11) is 0. The van der Waals surface area contributed by atoms with Gasteiger partial charge in [0.15, 0.2) is 0 Å². The fraction of sp³-hybridized carbons (Fsp3) is 1.00. The average molecular weight is 157 g/mol. The van der Waals surface area contributed by atoms with Crippen LogP contribution in [-0.4, -0.2) is 5.54 Å². The highest BCUT2D eigenvalue weighted by atomic mass is 14.7. The average Bonchev–Trinajstić information content (AvgIpc) is 2.00. The predicted molar refractivity (Wildman–Crippen MR) is 51.6 cm³/mol. The molecule has 0 aromatic heterocycles. The van der Waals surface area contributed by atoms with E-state index in [1.807, 2.05) is 0 Å². The number of hydrogen-bond donors (Lipinski definition) is 1. The largest absolute Gasteiger partial charge is 0.325 e. The van der Waals surface area contributed by atoms with E-state index < -0.39 is 0 Å². The Kier molecular flexibility index (Phi) is 4.74. The lowest BCUT2D eigenvalue weighted by atomic mass is 9.86. The standard InChI is InChI=1S/C10H23N/c1-5-10(11,6-2)8-7-9(3)4/h9H,5-8,11H2,1-4H3. The summed E-state index contributed by atoms with van der Waals surface area (Å²) in [6, 6.07) is 0. The third kappa shape index (κ3) is 4.41. The molecule has 0 aliphatic heterocycles. The summed E-state index contributed by atoms with van der Waals surface area (Å²) in [4.78, 5) is 0. The van der Waals surface area contributed by atoms with Gasteiger partial charge >= 0.3 is 0 Å². The molecule has 0 heterocycles. The predicted octanol–water partition coefficient (Wildman–Crippen LogP) is 2.94. The van der Waals surface area contributed by atoms with Gasteiger partial charge in [-0.1, -0.05) is 27.7 Å². The summed E-state index contributed by atoms with van der Waals surface area (Å²) in [6.07, 6.45) is 4.66. The maximum absolute atomic E-state index is 6.14. The molecule has 0 saturated carbocycles. The molecule has 11 heavy (non-hydrogen) atoms. The van der Waals surface area contributed by atoms with Crippen molar-refractivity contribution in [3.63, 3.8) is 0 Å². The molecule has 1 nitrogen and oxygen atoms in total. The molecular weight excluding hydrogens is 134 g/mol. The zero-order valence-corrected chi connectivity index (χ0v) is 8.48. The fourth-order valence-electron chi connectivity index (χ4n) is 1.18. The first-order chi connectivity index (χ1) is 5.04. The molecule has 0 spiro atoms. The fourth-order valence-corrected chi connectivity index (χ4v) is 1.18. The lowest BCUT2D eigenvalue weighted by Gasteiger charge is -2.27. The Bertz CT molecular complexity index is 93.0. The summed E-state index contributed by atoms with van der Waals surface area (Å²) in [5, 5.41) is 0. The molecule has 0 aromatic rings. The van der Waals surface area contributed by atoms with Crippen LogP contribution in [0.4, 0.5) is 0 Å². The molecule has 0 bridgehead atoms. The van der Waals surface area contributed by atoms with Crippen molar-refractivity contribution in [1.29, 1.82) is 0 Å². The van der Waals surface area contributed by atoms with Crippen molar-refractivity contribution in [3.8, 4) is 0 Å². The first-order valence-electron chi connectivity index (χ1n) is 4.83. The zero-order chi connectivity index (χ0) is 8.91. The van der Waals surface area contributed by atoms with Gasteiger partial charge in [0, 0.05) is 5.54 Å². The van der Waals surface area contributed by atoms with Gasteiger partial charge in [-0.05, 0) is 31.6 Å². The van der Waals surface area contributed by atoms with Crippen LogP contribution in [0.1, 0.15) is 53.4 Å². The van der Waals surface area contributed by atoms with Crippen molar-refractivity contribution >= 4 is 0 Å². The molecule has 0 aliphatic rings. The van der Waals surface area contributed by atoms with Crippen LogP contribution in [0.2, 0.25) is 0 Å². The summed E-state index contributed by atoms with van der Waals surface area (Å²) in [5.74, 6) is 0.788. The van der Waals surface area contributed by atoms with Crippen LogP contribution in [0, 0.1) is 5.92 Å². The topological polar surface area (TPSA) is 26.0 Å². The van der Waals surface area contributed by atoms with Crippen LogP contribution in [0.5, 0.6) is 0 Å². The minimum Gasteiger partial charge on any atom is -0.325 e. The smallest absolute Gasteiger partial charge is 0.0149 e. The summed E-state index contributed by atoms with van der Waals surface area (Å²) in [6.45, 7) is 8.88. The lowest BCUT2D eigenvalue weighted by Crippen LogP contribution is -2.38. The van der Waals surface area contributed by atoms with E-state index >= 15 is 0 Å². The minimum atomic E-state index is 0.115. The first-order valence-corrected chi connectivity index (χ1v) is 4.83. The molecule has 0 amide bonds. The van der Waals surface area contributed by atoms with Gasteiger partial charge in [0.2, 0.25) is 0 Å². The Morgan fingerprint density at radius 1 is 1.18 bits per heavy atom. The van der Waals surface area contributed by atoms with E-state index in [1.54, 1.807) is 0 Å². The van der Waals surface area contributed by atoms with Crippen LogP contribution in [0.25, 0.3) is 0 Å². The highest BCUT2D eigenvalue weighted by Crippen LogP contribution is 2.20. The van der Waals surface area contributed by atoms with E-state index in [0.29, 0.717) is 0 Å². The Labute approximate surface area is 71.4 Å². The van der Waals surface area contributed by atoms with E-state index in [0.717, 1.165) is 18.8 Å². The maximum atomic E-state index is 6.14. The minimum absolute atomic E-state index is 0.115. The van der Waals surface area contributed by atoms with Crippen LogP contribution >= 0.6 is 0 Å². The van der Waals surface area contributed by atoms with Gasteiger partial charge in [0.05, 0.1) is 0 Å². The molecule has 0 unspecified atom stereocenters. The Hall–Kier alpha value is -0.0400. The van der Waals surface area contributed by atoms with E-state index in [1.165, 1.54) is 12.8 Å². The molecule has 0 saturated heterocycles. The van der Waals surface area contributed by atoms with Crippen molar-refractivity contribution in [1.82, 2.24) is 0 Å². The van der Waals surface area contributed by atoms with Crippen molar-refractivity contribution in [2.75, 3.05) is 0 Å². The molecule has 0 fully saturated rings. The maximum Gasteiger partial charge on any atom is 0.0149 e. The monoisotopic (exact) mass is 157 g/mol. The summed E-state index contributed by atoms with van der Waals surface area (Å²) < 4.78 is 0. The third-order valence-corrected chi connectivity index (χ3v) is 2.63. The Morgan fingerprint density at radius 3 is 1.91 bits per heavy atom.